The van der Waals surface area contributed by atoms with Crippen LogP contribution in [0.15, 0.2) is 0 Å². The lowest BCUT2D eigenvalue weighted by Gasteiger charge is -2.30. The van der Waals surface area contributed by atoms with Gasteiger partial charge in [-0.2, -0.15) is 11.8 Å². The van der Waals surface area contributed by atoms with Gasteiger partial charge in [0.05, 0.1) is 5.60 Å². The summed E-state index contributed by atoms with van der Waals surface area (Å²) in [5.41, 5.74) is -0.203. The molecule has 94 valence electrons. The lowest BCUT2D eigenvalue weighted by Crippen LogP contribution is -2.44. The second kappa shape index (κ2) is 5.92. The van der Waals surface area contributed by atoms with Gasteiger partial charge < -0.3 is 9.64 Å². The molecule has 4 heteroatoms. The summed E-state index contributed by atoms with van der Waals surface area (Å²) in [4.78, 5) is 14.2. The molecule has 0 spiro atoms. The molecule has 0 bridgehead atoms. The highest BCUT2D eigenvalue weighted by Gasteiger charge is 2.29. The van der Waals surface area contributed by atoms with E-state index in [4.69, 9.17) is 4.74 Å². The Morgan fingerprint density at radius 3 is 2.88 bits per heavy atom. The van der Waals surface area contributed by atoms with Crippen molar-refractivity contribution < 1.29 is 9.53 Å². The molecule has 1 fully saturated rings. The van der Waals surface area contributed by atoms with Gasteiger partial charge in [-0.05, 0) is 26.5 Å². The van der Waals surface area contributed by atoms with Crippen LogP contribution < -0.4 is 0 Å². The van der Waals surface area contributed by atoms with E-state index in [0.717, 1.165) is 25.3 Å². The molecular formula is C12H23NO2S. The van der Waals surface area contributed by atoms with Crippen molar-refractivity contribution in [1.82, 2.24) is 4.90 Å². The molecular weight excluding hydrogens is 222 g/mol. The minimum atomic E-state index is -0.203. The highest BCUT2D eigenvalue weighted by Crippen LogP contribution is 2.19. The summed E-state index contributed by atoms with van der Waals surface area (Å²) >= 11 is 1.73. The Morgan fingerprint density at radius 1 is 1.56 bits per heavy atom. The summed E-state index contributed by atoms with van der Waals surface area (Å²) < 4.78 is 5.71. The number of amides is 1. The van der Waals surface area contributed by atoms with E-state index in [0.29, 0.717) is 6.54 Å². The van der Waals surface area contributed by atoms with Gasteiger partial charge >= 0.3 is 0 Å². The monoisotopic (exact) mass is 245 g/mol. The fourth-order valence-corrected chi connectivity index (χ4v) is 2.65. The molecule has 1 aliphatic rings. The number of ether oxygens (including phenoxy) is 1. The van der Waals surface area contributed by atoms with Crippen molar-refractivity contribution >= 4 is 17.7 Å². The summed E-state index contributed by atoms with van der Waals surface area (Å²) in [7, 11) is 0. The average Bonchev–Trinajstić information content (AvgIpc) is 2.38. The molecule has 0 N–H and O–H groups in total. The van der Waals surface area contributed by atoms with Crippen LogP contribution in [-0.4, -0.2) is 48.1 Å². The molecule has 3 nitrogen and oxygen atoms in total. The topological polar surface area (TPSA) is 29.5 Å². The average molecular weight is 245 g/mol. The first-order chi connectivity index (χ1) is 7.46. The lowest BCUT2D eigenvalue weighted by atomic mass is 10.1. The maximum Gasteiger partial charge on any atom is 0.226 e. The Balaban J connectivity index is 2.60. The van der Waals surface area contributed by atoms with Gasteiger partial charge in [0.15, 0.2) is 0 Å². The number of thioether (sulfide) groups is 1. The van der Waals surface area contributed by atoms with Gasteiger partial charge in [0, 0.05) is 31.4 Å². The van der Waals surface area contributed by atoms with Crippen molar-refractivity contribution in [3.63, 3.8) is 0 Å². The van der Waals surface area contributed by atoms with Crippen LogP contribution in [0.4, 0.5) is 0 Å². The molecule has 1 aliphatic heterocycles. The Kier molecular flexibility index (Phi) is 5.12. The maximum absolute atomic E-state index is 12.2. The molecule has 0 aromatic rings. The number of carbonyl (C=O) groups is 1. The van der Waals surface area contributed by atoms with E-state index >= 15 is 0 Å². The van der Waals surface area contributed by atoms with Crippen molar-refractivity contribution in [3.8, 4) is 0 Å². The SMILES string of the molecule is CSC[C@H](C)C(=O)N1CCCOC(C)(C)C1. The van der Waals surface area contributed by atoms with Crippen molar-refractivity contribution in [3.05, 3.63) is 0 Å². The molecule has 16 heavy (non-hydrogen) atoms. The van der Waals surface area contributed by atoms with Gasteiger partial charge in [0.2, 0.25) is 5.91 Å². The van der Waals surface area contributed by atoms with Crippen molar-refractivity contribution in [2.24, 2.45) is 5.92 Å². The molecule has 1 saturated heterocycles. The lowest BCUT2D eigenvalue weighted by molar-refractivity contribution is -0.136. The Labute approximate surface area is 103 Å². The standard InChI is InChI=1S/C12H23NO2S/c1-10(8-16-4)11(14)13-6-5-7-15-12(2,3)9-13/h10H,5-9H2,1-4H3/t10-/m0/s1. The van der Waals surface area contributed by atoms with Gasteiger partial charge in [0.25, 0.3) is 0 Å². The fourth-order valence-electron chi connectivity index (χ4n) is 2.01. The van der Waals surface area contributed by atoms with E-state index in [1.807, 2.05) is 18.1 Å². The summed E-state index contributed by atoms with van der Waals surface area (Å²) in [5.74, 6) is 1.29. The van der Waals surface area contributed by atoms with Crippen LogP contribution in [-0.2, 0) is 9.53 Å². The summed E-state index contributed by atoms with van der Waals surface area (Å²) in [5, 5.41) is 0. The fraction of sp³-hybridized carbons (Fsp3) is 0.917. The third-order valence-corrected chi connectivity index (χ3v) is 3.62. The van der Waals surface area contributed by atoms with Crippen LogP contribution in [0.25, 0.3) is 0 Å². The molecule has 1 amide bonds. The highest BCUT2D eigenvalue weighted by atomic mass is 32.2. The van der Waals surface area contributed by atoms with E-state index in [1.165, 1.54) is 0 Å². The Morgan fingerprint density at radius 2 is 2.25 bits per heavy atom. The number of rotatable bonds is 3. The number of hydrogen-bond donors (Lipinski definition) is 0. The summed E-state index contributed by atoms with van der Waals surface area (Å²) in [6, 6.07) is 0. The van der Waals surface area contributed by atoms with Crippen molar-refractivity contribution in [2.75, 3.05) is 31.7 Å². The zero-order chi connectivity index (χ0) is 12.2. The molecule has 0 aromatic heterocycles. The number of hydrogen-bond acceptors (Lipinski definition) is 3. The van der Waals surface area contributed by atoms with E-state index in [1.54, 1.807) is 11.8 Å². The van der Waals surface area contributed by atoms with Gasteiger partial charge in [-0.15, -0.1) is 0 Å². The number of carbonyl (C=O) groups excluding carboxylic acids is 1. The van der Waals surface area contributed by atoms with Gasteiger partial charge in [0.1, 0.15) is 0 Å². The zero-order valence-electron chi connectivity index (χ0n) is 10.8. The molecule has 0 saturated carbocycles. The highest BCUT2D eigenvalue weighted by molar-refractivity contribution is 7.98. The van der Waals surface area contributed by atoms with Crippen LogP contribution in [0.3, 0.4) is 0 Å². The van der Waals surface area contributed by atoms with E-state index in [9.17, 15) is 4.79 Å². The van der Waals surface area contributed by atoms with Gasteiger partial charge in [-0.25, -0.2) is 0 Å². The molecule has 1 heterocycles. The van der Waals surface area contributed by atoms with Crippen LogP contribution >= 0.6 is 11.8 Å². The summed E-state index contributed by atoms with van der Waals surface area (Å²) in [6.07, 6.45) is 2.99. The normalized spacial score (nSPS) is 22.6. The second-order valence-corrected chi connectivity index (χ2v) is 5.99. The molecule has 0 aliphatic carbocycles. The van der Waals surface area contributed by atoms with Crippen LogP contribution in [0, 0.1) is 5.92 Å². The third kappa shape index (κ3) is 3.98. The van der Waals surface area contributed by atoms with E-state index < -0.39 is 0 Å². The quantitative estimate of drug-likeness (QED) is 0.762. The number of nitrogens with zero attached hydrogens (tertiary/aromatic N) is 1. The maximum atomic E-state index is 12.2. The largest absolute Gasteiger partial charge is 0.374 e. The predicted molar refractivity (Wildman–Crippen MR) is 68.8 cm³/mol. The first-order valence-corrected chi connectivity index (χ1v) is 7.27. The van der Waals surface area contributed by atoms with E-state index in [2.05, 4.69) is 13.8 Å². The molecule has 0 aromatic carbocycles. The smallest absolute Gasteiger partial charge is 0.226 e. The molecule has 0 unspecified atom stereocenters. The molecule has 0 radical (unpaired) electrons. The first-order valence-electron chi connectivity index (χ1n) is 5.88. The minimum absolute atomic E-state index is 0.115. The van der Waals surface area contributed by atoms with Crippen molar-refractivity contribution in [1.29, 1.82) is 0 Å². The minimum Gasteiger partial charge on any atom is -0.374 e. The van der Waals surface area contributed by atoms with Gasteiger partial charge in [-0.3, -0.25) is 4.79 Å². The van der Waals surface area contributed by atoms with Crippen LogP contribution in [0.1, 0.15) is 27.2 Å². The zero-order valence-corrected chi connectivity index (χ0v) is 11.6. The third-order valence-electron chi connectivity index (χ3n) is 2.79. The summed E-state index contributed by atoms with van der Waals surface area (Å²) in [6.45, 7) is 8.42. The molecule has 1 atom stereocenters. The van der Waals surface area contributed by atoms with Crippen LogP contribution in [0.2, 0.25) is 0 Å². The second-order valence-electron chi connectivity index (χ2n) is 5.08. The Bertz CT molecular complexity index is 243. The van der Waals surface area contributed by atoms with E-state index in [-0.39, 0.29) is 17.4 Å². The first kappa shape index (κ1) is 13.8. The molecule has 1 rings (SSSR count). The predicted octanol–water partition coefficient (Wildman–Crippen LogP) is 2.01. The Hall–Kier alpha value is -0.220. The van der Waals surface area contributed by atoms with Gasteiger partial charge in [-0.1, -0.05) is 6.92 Å². The van der Waals surface area contributed by atoms with Crippen molar-refractivity contribution in [2.45, 2.75) is 32.8 Å². The van der Waals surface area contributed by atoms with Crippen LogP contribution in [0.5, 0.6) is 0 Å².